The van der Waals surface area contributed by atoms with Crippen LogP contribution in [0.5, 0.6) is 0 Å². The van der Waals surface area contributed by atoms with Crippen LogP contribution in [0.2, 0.25) is 0 Å². The normalized spacial score (nSPS) is 28.0. The van der Waals surface area contributed by atoms with Crippen molar-refractivity contribution in [3.05, 3.63) is 34.1 Å². The van der Waals surface area contributed by atoms with Gasteiger partial charge in [0.25, 0.3) is 0 Å². The van der Waals surface area contributed by atoms with Crippen molar-refractivity contribution in [3.63, 3.8) is 0 Å². The van der Waals surface area contributed by atoms with E-state index in [0.29, 0.717) is 29.8 Å². The zero-order valence-corrected chi connectivity index (χ0v) is 11.1. The standard InChI is InChI=1S/C12H12BrFN2O2/c13-7-2-1-3-8(14)10(7)11-15-12(17)9-6-18-5-4-16(9)11/h1-3,9,11H,4-6H2,(H,15,17)/t9-,11+/m0/s1. The lowest BCUT2D eigenvalue weighted by atomic mass is 10.1. The fourth-order valence-corrected chi connectivity index (χ4v) is 3.03. The van der Waals surface area contributed by atoms with Crippen molar-refractivity contribution < 1.29 is 13.9 Å². The number of morpholine rings is 1. The maximum atomic E-state index is 13.9. The molecule has 96 valence electrons. The number of halogens is 2. The van der Waals surface area contributed by atoms with Gasteiger partial charge in [-0.15, -0.1) is 0 Å². The summed E-state index contributed by atoms with van der Waals surface area (Å²) in [4.78, 5) is 13.8. The molecule has 2 atom stereocenters. The average molecular weight is 315 g/mol. The first-order valence-corrected chi connectivity index (χ1v) is 6.55. The van der Waals surface area contributed by atoms with E-state index < -0.39 is 6.17 Å². The fourth-order valence-electron chi connectivity index (χ4n) is 2.48. The Morgan fingerprint density at radius 3 is 3.11 bits per heavy atom. The van der Waals surface area contributed by atoms with Gasteiger partial charge in [0.2, 0.25) is 5.91 Å². The molecule has 0 saturated carbocycles. The van der Waals surface area contributed by atoms with Gasteiger partial charge in [0.05, 0.1) is 13.2 Å². The summed E-state index contributed by atoms with van der Waals surface area (Å²) in [5.74, 6) is -0.420. The third-order valence-corrected chi connectivity index (χ3v) is 4.05. The van der Waals surface area contributed by atoms with Crippen molar-refractivity contribution >= 4 is 21.8 Å². The van der Waals surface area contributed by atoms with Crippen LogP contribution in [0.15, 0.2) is 22.7 Å². The number of rotatable bonds is 1. The van der Waals surface area contributed by atoms with Crippen LogP contribution in [0.1, 0.15) is 11.7 Å². The molecule has 1 aromatic carbocycles. The zero-order chi connectivity index (χ0) is 12.7. The van der Waals surface area contributed by atoms with Gasteiger partial charge in [0.1, 0.15) is 18.0 Å². The summed E-state index contributed by atoms with van der Waals surface area (Å²) in [6, 6.07) is 4.50. The number of amides is 1. The number of hydrogen-bond acceptors (Lipinski definition) is 3. The molecule has 0 unspecified atom stereocenters. The third-order valence-electron chi connectivity index (χ3n) is 3.36. The highest BCUT2D eigenvalue weighted by molar-refractivity contribution is 9.10. The first-order valence-electron chi connectivity index (χ1n) is 5.76. The molecule has 6 heteroatoms. The molecule has 4 nitrogen and oxygen atoms in total. The van der Waals surface area contributed by atoms with E-state index in [9.17, 15) is 9.18 Å². The second kappa shape index (κ2) is 4.60. The lowest BCUT2D eigenvalue weighted by Gasteiger charge is -2.31. The van der Waals surface area contributed by atoms with Gasteiger partial charge >= 0.3 is 0 Å². The maximum Gasteiger partial charge on any atom is 0.241 e. The van der Waals surface area contributed by atoms with E-state index in [1.54, 1.807) is 12.1 Å². The number of carbonyl (C=O) groups is 1. The molecule has 1 aromatic rings. The summed E-state index contributed by atoms with van der Waals surface area (Å²) in [5, 5.41) is 2.83. The Bertz CT molecular complexity index is 477. The van der Waals surface area contributed by atoms with Crippen LogP contribution in [-0.4, -0.2) is 36.6 Å². The van der Waals surface area contributed by atoms with E-state index in [1.165, 1.54) is 6.07 Å². The number of nitrogens with one attached hydrogen (secondary N) is 1. The molecule has 1 N–H and O–H groups in total. The van der Waals surface area contributed by atoms with E-state index in [1.807, 2.05) is 4.90 Å². The zero-order valence-electron chi connectivity index (χ0n) is 9.53. The average Bonchev–Trinajstić information content (AvgIpc) is 2.68. The molecule has 2 aliphatic heterocycles. The summed E-state index contributed by atoms with van der Waals surface area (Å²) in [7, 11) is 0. The van der Waals surface area contributed by atoms with Gasteiger partial charge in [0.15, 0.2) is 0 Å². The number of fused-ring (bicyclic) bond motifs is 1. The van der Waals surface area contributed by atoms with Gasteiger partial charge in [-0.05, 0) is 12.1 Å². The minimum absolute atomic E-state index is 0.102. The third kappa shape index (κ3) is 1.84. The van der Waals surface area contributed by atoms with Gasteiger partial charge in [-0.25, -0.2) is 4.39 Å². The number of nitrogens with zero attached hydrogens (tertiary/aromatic N) is 1. The molecule has 2 heterocycles. The van der Waals surface area contributed by atoms with Crippen molar-refractivity contribution in [1.29, 1.82) is 0 Å². The first-order chi connectivity index (χ1) is 8.68. The van der Waals surface area contributed by atoms with Crippen molar-refractivity contribution in [2.24, 2.45) is 0 Å². The predicted octanol–water partition coefficient (Wildman–Crippen LogP) is 1.42. The predicted molar refractivity (Wildman–Crippen MR) is 66.3 cm³/mol. The largest absolute Gasteiger partial charge is 0.378 e. The summed E-state index contributed by atoms with van der Waals surface area (Å²) >= 11 is 3.34. The Kier molecular flexibility index (Phi) is 3.09. The lowest BCUT2D eigenvalue weighted by molar-refractivity contribution is -0.125. The first kappa shape index (κ1) is 12.1. The summed E-state index contributed by atoms with van der Waals surface area (Å²) in [5.41, 5.74) is 0.482. The number of ether oxygens (including phenoxy) is 1. The van der Waals surface area contributed by atoms with Crippen LogP contribution in [0.3, 0.4) is 0 Å². The molecule has 0 radical (unpaired) electrons. The molecule has 0 aliphatic carbocycles. The number of benzene rings is 1. The molecule has 2 aliphatic rings. The Hall–Kier alpha value is -0.980. The van der Waals surface area contributed by atoms with Crippen LogP contribution in [0, 0.1) is 5.82 Å². The van der Waals surface area contributed by atoms with E-state index in [2.05, 4.69) is 21.2 Å². The molecular weight excluding hydrogens is 303 g/mol. The smallest absolute Gasteiger partial charge is 0.241 e. The van der Waals surface area contributed by atoms with E-state index in [-0.39, 0.29) is 17.8 Å². The molecular formula is C12H12BrFN2O2. The fraction of sp³-hybridized carbons (Fsp3) is 0.417. The number of carbonyl (C=O) groups excluding carboxylic acids is 1. The maximum absolute atomic E-state index is 13.9. The van der Waals surface area contributed by atoms with Gasteiger partial charge in [-0.3, -0.25) is 9.69 Å². The Morgan fingerprint density at radius 2 is 2.33 bits per heavy atom. The van der Waals surface area contributed by atoms with Crippen molar-refractivity contribution in [1.82, 2.24) is 10.2 Å². The summed E-state index contributed by atoms with van der Waals surface area (Å²) < 4.78 is 19.9. The van der Waals surface area contributed by atoms with Crippen molar-refractivity contribution in [2.75, 3.05) is 19.8 Å². The van der Waals surface area contributed by atoms with Crippen LogP contribution in [0.4, 0.5) is 4.39 Å². The highest BCUT2D eigenvalue weighted by Crippen LogP contribution is 2.33. The minimum atomic E-state index is -0.415. The molecule has 2 saturated heterocycles. The van der Waals surface area contributed by atoms with E-state index in [4.69, 9.17) is 4.74 Å². The van der Waals surface area contributed by atoms with Gasteiger partial charge < -0.3 is 10.1 Å². The highest BCUT2D eigenvalue weighted by atomic mass is 79.9. The topological polar surface area (TPSA) is 41.6 Å². The quantitative estimate of drug-likeness (QED) is 0.852. The van der Waals surface area contributed by atoms with Crippen molar-refractivity contribution in [3.8, 4) is 0 Å². The van der Waals surface area contributed by atoms with Crippen LogP contribution < -0.4 is 5.32 Å². The van der Waals surface area contributed by atoms with Gasteiger partial charge in [0, 0.05) is 16.6 Å². The van der Waals surface area contributed by atoms with Crippen molar-refractivity contribution in [2.45, 2.75) is 12.2 Å². The molecule has 0 spiro atoms. The summed E-state index contributed by atoms with van der Waals surface area (Å²) in [6.07, 6.45) is -0.415. The van der Waals surface area contributed by atoms with E-state index >= 15 is 0 Å². The monoisotopic (exact) mass is 314 g/mol. The molecule has 3 rings (SSSR count). The Balaban J connectivity index is 1.99. The molecule has 18 heavy (non-hydrogen) atoms. The number of hydrogen-bond donors (Lipinski definition) is 1. The van der Waals surface area contributed by atoms with Gasteiger partial charge in [-0.1, -0.05) is 22.0 Å². The van der Waals surface area contributed by atoms with Crippen LogP contribution in [-0.2, 0) is 9.53 Å². The molecule has 0 aromatic heterocycles. The van der Waals surface area contributed by atoms with Gasteiger partial charge in [-0.2, -0.15) is 0 Å². The summed E-state index contributed by atoms with van der Waals surface area (Å²) in [6.45, 7) is 1.55. The molecule has 2 fully saturated rings. The Morgan fingerprint density at radius 1 is 1.50 bits per heavy atom. The second-order valence-corrected chi connectivity index (χ2v) is 5.23. The second-order valence-electron chi connectivity index (χ2n) is 4.37. The van der Waals surface area contributed by atoms with Crippen LogP contribution in [0.25, 0.3) is 0 Å². The lowest BCUT2D eigenvalue weighted by Crippen LogP contribution is -2.44. The minimum Gasteiger partial charge on any atom is -0.378 e. The molecule has 0 bridgehead atoms. The van der Waals surface area contributed by atoms with E-state index in [0.717, 1.165) is 0 Å². The SMILES string of the molecule is O=C1N[C@@H](c2c(F)cccc2Br)N2CCOC[C@@H]12. The Labute approximate surface area is 112 Å². The molecule has 1 amide bonds. The van der Waals surface area contributed by atoms with Crippen LogP contribution >= 0.6 is 15.9 Å². The highest BCUT2D eigenvalue weighted by Gasteiger charge is 2.43.